The standard InChI is InChI=1S/C20H22N4O2/c21-14-20(9-11-24(12-10-20)19(22)26)23-18(25)8-6-15-5-7-16-3-1-2-4-17(16)13-15/h1-5,7,13H,6,8-12H2,(H2,22,26)(H,23,25). The Morgan fingerprint density at radius 3 is 2.50 bits per heavy atom. The molecule has 6 nitrogen and oxygen atoms in total. The molecule has 0 aromatic heterocycles. The van der Waals surface area contributed by atoms with Crippen molar-refractivity contribution in [1.29, 1.82) is 5.26 Å². The third-order valence-corrected chi connectivity index (χ3v) is 4.98. The number of nitriles is 1. The van der Waals surface area contributed by atoms with Crippen molar-refractivity contribution in [3.05, 3.63) is 48.0 Å². The molecule has 0 saturated carbocycles. The van der Waals surface area contributed by atoms with Crippen LogP contribution in [0.3, 0.4) is 0 Å². The van der Waals surface area contributed by atoms with Crippen LogP contribution in [0, 0.1) is 11.3 Å². The number of nitrogens with zero attached hydrogens (tertiary/aromatic N) is 2. The molecule has 2 aromatic carbocycles. The summed E-state index contributed by atoms with van der Waals surface area (Å²) in [6.45, 7) is 0.766. The van der Waals surface area contributed by atoms with Crippen LogP contribution in [0.15, 0.2) is 42.5 Å². The van der Waals surface area contributed by atoms with Crippen LogP contribution in [0.2, 0.25) is 0 Å². The maximum absolute atomic E-state index is 12.4. The van der Waals surface area contributed by atoms with Gasteiger partial charge in [-0.3, -0.25) is 4.79 Å². The molecule has 3 amide bonds. The van der Waals surface area contributed by atoms with Crippen molar-refractivity contribution >= 4 is 22.7 Å². The zero-order chi connectivity index (χ0) is 18.6. The molecule has 0 unspecified atom stereocenters. The van der Waals surface area contributed by atoms with Crippen molar-refractivity contribution in [2.75, 3.05) is 13.1 Å². The van der Waals surface area contributed by atoms with Gasteiger partial charge in [0.2, 0.25) is 5.91 Å². The lowest BCUT2D eigenvalue weighted by molar-refractivity contribution is -0.122. The summed E-state index contributed by atoms with van der Waals surface area (Å²) in [6.07, 6.45) is 1.73. The Kier molecular flexibility index (Phi) is 5.08. The average molecular weight is 350 g/mol. The number of piperidine rings is 1. The van der Waals surface area contributed by atoms with Crippen LogP contribution < -0.4 is 11.1 Å². The number of aryl methyl sites for hydroxylation is 1. The molecule has 2 aromatic rings. The summed E-state index contributed by atoms with van der Waals surface area (Å²) < 4.78 is 0. The van der Waals surface area contributed by atoms with Crippen LogP contribution in [0.1, 0.15) is 24.8 Å². The van der Waals surface area contributed by atoms with Crippen molar-refractivity contribution in [3.63, 3.8) is 0 Å². The van der Waals surface area contributed by atoms with Gasteiger partial charge in [-0.25, -0.2) is 4.79 Å². The van der Waals surface area contributed by atoms with Crippen molar-refractivity contribution in [2.45, 2.75) is 31.2 Å². The first kappa shape index (κ1) is 17.7. The van der Waals surface area contributed by atoms with Gasteiger partial charge in [0, 0.05) is 32.4 Å². The van der Waals surface area contributed by atoms with E-state index in [0.717, 1.165) is 10.9 Å². The van der Waals surface area contributed by atoms with E-state index >= 15 is 0 Å². The third-order valence-electron chi connectivity index (χ3n) is 4.98. The SMILES string of the molecule is N#CC1(NC(=O)CCc2ccc3ccccc3c2)CCN(C(N)=O)CC1. The number of carbonyl (C=O) groups is 2. The van der Waals surface area contributed by atoms with E-state index in [1.54, 1.807) is 0 Å². The number of carbonyl (C=O) groups excluding carboxylic acids is 2. The largest absolute Gasteiger partial charge is 0.351 e. The summed E-state index contributed by atoms with van der Waals surface area (Å²) in [5, 5.41) is 14.7. The Balaban J connectivity index is 1.57. The molecule has 0 radical (unpaired) electrons. The van der Waals surface area contributed by atoms with Gasteiger partial charge in [-0.05, 0) is 22.8 Å². The molecule has 6 heteroatoms. The number of primary amides is 1. The van der Waals surface area contributed by atoms with Gasteiger partial charge in [0.25, 0.3) is 0 Å². The van der Waals surface area contributed by atoms with Crippen LogP contribution in [0.5, 0.6) is 0 Å². The zero-order valence-corrected chi connectivity index (χ0v) is 14.6. The van der Waals surface area contributed by atoms with Gasteiger partial charge in [0.15, 0.2) is 0 Å². The molecular formula is C20H22N4O2. The summed E-state index contributed by atoms with van der Waals surface area (Å²) >= 11 is 0. The van der Waals surface area contributed by atoms with Gasteiger partial charge in [0.05, 0.1) is 6.07 Å². The van der Waals surface area contributed by atoms with E-state index < -0.39 is 11.6 Å². The van der Waals surface area contributed by atoms with E-state index in [1.807, 2.05) is 18.2 Å². The highest BCUT2D eigenvalue weighted by atomic mass is 16.2. The molecule has 1 heterocycles. The number of nitrogens with one attached hydrogen (secondary N) is 1. The minimum atomic E-state index is -0.910. The van der Waals surface area contributed by atoms with Crippen molar-refractivity contribution < 1.29 is 9.59 Å². The van der Waals surface area contributed by atoms with E-state index in [4.69, 9.17) is 5.73 Å². The van der Waals surface area contributed by atoms with Crippen molar-refractivity contribution in [3.8, 4) is 6.07 Å². The maximum Gasteiger partial charge on any atom is 0.314 e. The molecule has 134 valence electrons. The lowest BCUT2D eigenvalue weighted by Gasteiger charge is -2.37. The smallest absolute Gasteiger partial charge is 0.314 e. The summed E-state index contributed by atoms with van der Waals surface area (Å²) in [6, 6.07) is 16.0. The number of amides is 3. The summed E-state index contributed by atoms with van der Waals surface area (Å²) in [5.74, 6) is -0.146. The van der Waals surface area contributed by atoms with Gasteiger partial charge in [0.1, 0.15) is 5.54 Å². The first-order valence-electron chi connectivity index (χ1n) is 8.76. The van der Waals surface area contributed by atoms with Crippen LogP contribution in [-0.2, 0) is 11.2 Å². The van der Waals surface area contributed by atoms with Gasteiger partial charge in [-0.2, -0.15) is 5.26 Å². The summed E-state index contributed by atoms with van der Waals surface area (Å²) in [4.78, 5) is 25.1. The van der Waals surface area contributed by atoms with Gasteiger partial charge in [-0.15, -0.1) is 0 Å². The first-order chi connectivity index (χ1) is 12.5. The fourth-order valence-electron chi connectivity index (χ4n) is 3.36. The lowest BCUT2D eigenvalue weighted by Crippen LogP contribution is -2.56. The molecule has 1 saturated heterocycles. The molecule has 0 spiro atoms. The predicted octanol–water partition coefficient (Wildman–Crippen LogP) is 2.33. The molecule has 1 fully saturated rings. The van der Waals surface area contributed by atoms with Crippen LogP contribution >= 0.6 is 0 Å². The van der Waals surface area contributed by atoms with Crippen molar-refractivity contribution in [1.82, 2.24) is 10.2 Å². The molecule has 0 aliphatic carbocycles. The van der Waals surface area contributed by atoms with Gasteiger partial charge < -0.3 is 16.0 Å². The average Bonchev–Trinajstić information content (AvgIpc) is 2.66. The Morgan fingerprint density at radius 1 is 1.15 bits per heavy atom. The topological polar surface area (TPSA) is 99.2 Å². The van der Waals surface area contributed by atoms with E-state index in [-0.39, 0.29) is 5.91 Å². The van der Waals surface area contributed by atoms with E-state index in [0.29, 0.717) is 38.8 Å². The molecular weight excluding hydrogens is 328 g/mol. The number of fused-ring (bicyclic) bond motifs is 1. The number of hydrogen-bond donors (Lipinski definition) is 2. The Hall–Kier alpha value is -3.07. The third kappa shape index (κ3) is 3.94. The highest BCUT2D eigenvalue weighted by Crippen LogP contribution is 2.22. The highest BCUT2D eigenvalue weighted by molar-refractivity contribution is 5.83. The van der Waals surface area contributed by atoms with Crippen molar-refractivity contribution in [2.24, 2.45) is 5.73 Å². The van der Waals surface area contributed by atoms with E-state index in [2.05, 4.69) is 35.7 Å². The first-order valence-corrected chi connectivity index (χ1v) is 8.76. The number of benzene rings is 2. The molecule has 26 heavy (non-hydrogen) atoms. The van der Waals surface area contributed by atoms with Gasteiger partial charge in [-0.1, -0.05) is 42.5 Å². The second-order valence-electron chi connectivity index (χ2n) is 6.75. The number of hydrogen-bond acceptors (Lipinski definition) is 3. The number of urea groups is 1. The highest BCUT2D eigenvalue weighted by Gasteiger charge is 2.36. The van der Waals surface area contributed by atoms with E-state index in [1.165, 1.54) is 10.3 Å². The van der Waals surface area contributed by atoms with Crippen LogP contribution in [0.4, 0.5) is 4.79 Å². The maximum atomic E-state index is 12.4. The predicted molar refractivity (Wildman–Crippen MR) is 99.1 cm³/mol. The second-order valence-corrected chi connectivity index (χ2v) is 6.75. The Morgan fingerprint density at radius 2 is 1.85 bits per heavy atom. The molecule has 1 aliphatic rings. The molecule has 3 N–H and O–H groups in total. The fourth-order valence-corrected chi connectivity index (χ4v) is 3.36. The number of rotatable bonds is 4. The van der Waals surface area contributed by atoms with Crippen LogP contribution in [0.25, 0.3) is 10.8 Å². The Labute approximate surface area is 152 Å². The Bertz CT molecular complexity index is 863. The minimum Gasteiger partial charge on any atom is -0.351 e. The summed E-state index contributed by atoms with van der Waals surface area (Å²) in [5.41, 5.74) is 5.45. The fraction of sp³-hybridized carbons (Fsp3) is 0.350. The molecule has 1 aliphatic heterocycles. The zero-order valence-electron chi connectivity index (χ0n) is 14.6. The summed E-state index contributed by atoms with van der Waals surface area (Å²) in [7, 11) is 0. The minimum absolute atomic E-state index is 0.146. The van der Waals surface area contributed by atoms with Crippen LogP contribution in [-0.4, -0.2) is 35.5 Å². The lowest BCUT2D eigenvalue weighted by atomic mass is 9.88. The monoisotopic (exact) mass is 350 g/mol. The van der Waals surface area contributed by atoms with E-state index in [9.17, 15) is 14.9 Å². The number of nitrogens with two attached hydrogens (primary N) is 1. The van der Waals surface area contributed by atoms with Gasteiger partial charge >= 0.3 is 6.03 Å². The second kappa shape index (κ2) is 7.44. The quantitative estimate of drug-likeness (QED) is 0.885. The molecule has 0 atom stereocenters. The number of likely N-dealkylation sites (tertiary alicyclic amines) is 1. The molecule has 0 bridgehead atoms. The molecule has 3 rings (SSSR count). The normalized spacial score (nSPS) is 16.0.